The molecule has 4 rings (SSSR count). The third-order valence-corrected chi connectivity index (χ3v) is 4.46. The lowest BCUT2D eigenvalue weighted by Crippen LogP contribution is -2.21. The lowest BCUT2D eigenvalue weighted by atomic mass is 10.0. The quantitative estimate of drug-likeness (QED) is 0.404. The van der Waals surface area contributed by atoms with Crippen molar-refractivity contribution in [3.8, 4) is 22.9 Å². The van der Waals surface area contributed by atoms with Crippen LogP contribution in [0.5, 0.6) is 0 Å². The van der Waals surface area contributed by atoms with Crippen LogP contribution in [-0.4, -0.2) is 14.5 Å². The molecule has 4 aromatic rings. The molecule has 28 heavy (non-hydrogen) atoms. The summed E-state index contributed by atoms with van der Waals surface area (Å²) in [5.74, 6) is 0. The molecular weight excluding hydrogens is 356 g/mol. The Morgan fingerprint density at radius 3 is 2.32 bits per heavy atom. The lowest BCUT2D eigenvalue weighted by molar-refractivity contribution is -0.384. The molecule has 7 heteroatoms. The van der Waals surface area contributed by atoms with Crippen LogP contribution in [0.1, 0.15) is 5.56 Å². The predicted molar refractivity (Wildman–Crippen MR) is 104 cm³/mol. The summed E-state index contributed by atoms with van der Waals surface area (Å²) in [4.78, 5) is 27.3. The maximum absolute atomic E-state index is 12.9. The van der Waals surface area contributed by atoms with Gasteiger partial charge >= 0.3 is 0 Å². The molecule has 0 N–H and O–H groups in total. The third kappa shape index (κ3) is 2.89. The second kappa shape index (κ2) is 6.78. The molecule has 0 spiro atoms. The molecule has 7 nitrogen and oxygen atoms in total. The fourth-order valence-electron chi connectivity index (χ4n) is 3.09. The molecule has 0 radical (unpaired) electrons. The summed E-state index contributed by atoms with van der Waals surface area (Å²) in [5.41, 5.74) is 2.32. The summed E-state index contributed by atoms with van der Waals surface area (Å²) >= 11 is 0. The van der Waals surface area contributed by atoms with Crippen molar-refractivity contribution in [2.75, 3.05) is 0 Å². The number of pyridine rings is 2. The number of non-ortho nitro benzene ring substituents is 1. The number of fused-ring (bicyclic) bond motifs is 1. The van der Waals surface area contributed by atoms with Gasteiger partial charge in [0.05, 0.1) is 10.4 Å². The van der Waals surface area contributed by atoms with Crippen LogP contribution in [0.2, 0.25) is 0 Å². The van der Waals surface area contributed by atoms with Gasteiger partial charge in [-0.2, -0.15) is 5.26 Å². The molecular formula is C21H12N4O3. The molecule has 2 heterocycles. The molecule has 0 amide bonds. The molecule has 0 saturated carbocycles. The number of hydrogen-bond acceptors (Lipinski definition) is 5. The monoisotopic (exact) mass is 368 g/mol. The summed E-state index contributed by atoms with van der Waals surface area (Å²) in [5, 5.41) is 21.0. The van der Waals surface area contributed by atoms with Crippen LogP contribution in [-0.2, 0) is 0 Å². The second-order valence-corrected chi connectivity index (χ2v) is 6.09. The van der Waals surface area contributed by atoms with Crippen molar-refractivity contribution < 1.29 is 4.92 Å². The van der Waals surface area contributed by atoms with E-state index in [2.05, 4.69) is 4.98 Å². The molecule has 0 aliphatic heterocycles. The molecule has 0 aliphatic carbocycles. The van der Waals surface area contributed by atoms with Gasteiger partial charge < -0.3 is 0 Å². The Balaban J connectivity index is 2.01. The minimum atomic E-state index is -0.502. The molecule has 2 aromatic heterocycles. The molecule has 0 saturated heterocycles. The van der Waals surface area contributed by atoms with Crippen LogP contribution in [0.25, 0.3) is 27.7 Å². The number of aromatic nitrogens is 2. The zero-order valence-corrected chi connectivity index (χ0v) is 14.4. The minimum absolute atomic E-state index is 0.00233. The minimum Gasteiger partial charge on any atom is -0.276 e. The Morgan fingerprint density at radius 1 is 0.964 bits per heavy atom. The molecule has 0 bridgehead atoms. The highest BCUT2D eigenvalue weighted by molar-refractivity contribution is 5.86. The zero-order valence-electron chi connectivity index (χ0n) is 14.4. The van der Waals surface area contributed by atoms with E-state index in [1.54, 1.807) is 18.5 Å². The molecule has 134 valence electrons. The average molecular weight is 368 g/mol. The number of nitrogens with zero attached hydrogens (tertiary/aromatic N) is 4. The highest BCUT2D eigenvalue weighted by Gasteiger charge is 2.13. The third-order valence-electron chi connectivity index (χ3n) is 4.46. The van der Waals surface area contributed by atoms with Crippen LogP contribution in [0.4, 0.5) is 5.69 Å². The zero-order chi connectivity index (χ0) is 19.7. The van der Waals surface area contributed by atoms with Crippen LogP contribution >= 0.6 is 0 Å². The SMILES string of the molecule is N#Cc1cc2ccc(-c3ccncc3)cc2n(-c2ccc([N+](=O)[O-])cc2)c1=O. The van der Waals surface area contributed by atoms with Crippen molar-refractivity contribution >= 4 is 16.6 Å². The van der Waals surface area contributed by atoms with Crippen molar-refractivity contribution in [1.29, 1.82) is 5.26 Å². The summed E-state index contributed by atoms with van der Waals surface area (Å²) in [7, 11) is 0. The van der Waals surface area contributed by atoms with E-state index in [-0.39, 0.29) is 11.3 Å². The second-order valence-electron chi connectivity index (χ2n) is 6.09. The van der Waals surface area contributed by atoms with Gasteiger partial charge in [0.2, 0.25) is 0 Å². The van der Waals surface area contributed by atoms with Crippen molar-refractivity contribution in [3.05, 3.63) is 99.1 Å². The van der Waals surface area contributed by atoms with E-state index in [0.29, 0.717) is 16.6 Å². The van der Waals surface area contributed by atoms with Crippen molar-refractivity contribution in [2.45, 2.75) is 0 Å². The van der Waals surface area contributed by atoms with E-state index >= 15 is 0 Å². The maximum Gasteiger partial charge on any atom is 0.273 e. The first-order valence-corrected chi connectivity index (χ1v) is 8.33. The Bertz CT molecular complexity index is 1300. The van der Waals surface area contributed by atoms with E-state index in [1.807, 2.05) is 36.4 Å². The summed E-state index contributed by atoms with van der Waals surface area (Å²) in [6.45, 7) is 0. The van der Waals surface area contributed by atoms with Gasteiger partial charge in [-0.3, -0.25) is 24.5 Å². The van der Waals surface area contributed by atoms with E-state index in [9.17, 15) is 20.2 Å². The van der Waals surface area contributed by atoms with Crippen molar-refractivity contribution in [1.82, 2.24) is 9.55 Å². The first-order valence-electron chi connectivity index (χ1n) is 8.33. The maximum atomic E-state index is 12.9. The number of nitriles is 1. The van der Waals surface area contributed by atoms with Crippen LogP contribution in [0.15, 0.2) is 77.9 Å². The first kappa shape index (κ1) is 17.1. The van der Waals surface area contributed by atoms with Gasteiger partial charge in [-0.25, -0.2) is 0 Å². The van der Waals surface area contributed by atoms with Crippen molar-refractivity contribution in [2.24, 2.45) is 0 Å². The van der Waals surface area contributed by atoms with Gasteiger partial charge in [0, 0.05) is 35.6 Å². The van der Waals surface area contributed by atoms with Crippen LogP contribution < -0.4 is 5.56 Å². The number of nitro benzene ring substituents is 1. The van der Waals surface area contributed by atoms with E-state index in [1.165, 1.54) is 28.8 Å². The van der Waals surface area contributed by atoms with E-state index < -0.39 is 10.5 Å². The topological polar surface area (TPSA) is 102 Å². The summed E-state index contributed by atoms with van der Waals surface area (Å²) in [6.07, 6.45) is 3.36. The normalized spacial score (nSPS) is 10.5. The van der Waals surface area contributed by atoms with Gasteiger partial charge in [0.25, 0.3) is 11.2 Å². The predicted octanol–water partition coefficient (Wildman–Crippen LogP) is 3.83. The molecule has 0 aliphatic rings. The standard InChI is InChI=1S/C21H12N4O3/c22-13-17-11-16-2-1-15(14-7-9-23-10-8-14)12-20(16)24(21(17)26)18-3-5-19(6-4-18)25(27)28/h1-12H. The van der Waals surface area contributed by atoms with Gasteiger partial charge in [-0.05, 0) is 47.5 Å². The first-order chi connectivity index (χ1) is 13.6. The van der Waals surface area contributed by atoms with Gasteiger partial charge in [0.1, 0.15) is 11.6 Å². The Kier molecular flexibility index (Phi) is 4.14. The fraction of sp³-hybridized carbons (Fsp3) is 0. The summed E-state index contributed by atoms with van der Waals surface area (Å²) in [6, 6.07) is 18.5. The lowest BCUT2D eigenvalue weighted by Gasteiger charge is -2.12. The van der Waals surface area contributed by atoms with Gasteiger partial charge in [-0.15, -0.1) is 0 Å². The molecule has 2 aromatic carbocycles. The largest absolute Gasteiger partial charge is 0.276 e. The smallest absolute Gasteiger partial charge is 0.273 e. The van der Waals surface area contributed by atoms with Gasteiger partial charge in [-0.1, -0.05) is 12.1 Å². The fourth-order valence-corrected chi connectivity index (χ4v) is 3.09. The van der Waals surface area contributed by atoms with E-state index in [0.717, 1.165) is 11.1 Å². The van der Waals surface area contributed by atoms with Crippen LogP contribution in [0.3, 0.4) is 0 Å². The van der Waals surface area contributed by atoms with E-state index in [4.69, 9.17) is 0 Å². The molecule has 0 atom stereocenters. The Hall–Kier alpha value is -4.31. The highest BCUT2D eigenvalue weighted by atomic mass is 16.6. The molecule has 0 unspecified atom stereocenters. The summed E-state index contributed by atoms with van der Waals surface area (Å²) < 4.78 is 1.41. The van der Waals surface area contributed by atoms with Gasteiger partial charge in [0.15, 0.2) is 0 Å². The van der Waals surface area contributed by atoms with Crippen LogP contribution in [0, 0.1) is 21.4 Å². The Labute approximate surface area is 158 Å². The molecule has 0 fully saturated rings. The highest BCUT2D eigenvalue weighted by Crippen LogP contribution is 2.26. The van der Waals surface area contributed by atoms with Crippen molar-refractivity contribution in [3.63, 3.8) is 0 Å². The Morgan fingerprint density at radius 2 is 1.68 bits per heavy atom. The average Bonchev–Trinajstić information content (AvgIpc) is 2.73. The number of rotatable bonds is 3. The number of hydrogen-bond donors (Lipinski definition) is 0. The number of nitro groups is 1. The number of benzene rings is 2.